The van der Waals surface area contributed by atoms with Gasteiger partial charge in [0.2, 0.25) is 11.8 Å². The van der Waals surface area contributed by atoms with Gasteiger partial charge in [0.05, 0.1) is 6.54 Å². The minimum Gasteiger partial charge on any atom is -0.491 e. The van der Waals surface area contributed by atoms with Gasteiger partial charge in [-0.1, -0.05) is 48.0 Å². The van der Waals surface area contributed by atoms with Crippen LogP contribution in [0.5, 0.6) is 5.75 Å². The number of rotatable bonds is 5. The summed E-state index contributed by atoms with van der Waals surface area (Å²) in [5.41, 5.74) is 3.79. The van der Waals surface area contributed by atoms with Crippen LogP contribution < -0.4 is 10.1 Å². The molecule has 35 heavy (non-hydrogen) atoms. The monoisotopic (exact) mass is 479 g/mol. The third-order valence-electron chi connectivity index (χ3n) is 6.68. The van der Waals surface area contributed by atoms with Crippen molar-refractivity contribution in [1.82, 2.24) is 15.1 Å². The SMILES string of the molecule is CC(=O)NCCCC(=O)N1CCCC(c2ccccc2)CCN(C)Cc2cc(C)ccc2OCC1. The molecule has 190 valence electrons. The summed E-state index contributed by atoms with van der Waals surface area (Å²) in [6, 6.07) is 17.1. The second-order valence-corrected chi connectivity index (χ2v) is 9.70. The maximum absolute atomic E-state index is 13.0. The predicted octanol–water partition coefficient (Wildman–Crippen LogP) is 4.52. The Hall–Kier alpha value is -2.86. The number of benzene rings is 2. The third kappa shape index (κ3) is 9.02. The van der Waals surface area contributed by atoms with Crippen molar-refractivity contribution in [2.24, 2.45) is 0 Å². The molecule has 0 spiro atoms. The first-order chi connectivity index (χ1) is 16.9. The van der Waals surface area contributed by atoms with Crippen LogP contribution in [0, 0.1) is 6.92 Å². The Morgan fingerprint density at radius 3 is 2.63 bits per heavy atom. The van der Waals surface area contributed by atoms with Crippen LogP contribution in [0.1, 0.15) is 61.6 Å². The van der Waals surface area contributed by atoms with E-state index in [0.29, 0.717) is 38.5 Å². The molecule has 0 aliphatic carbocycles. The van der Waals surface area contributed by atoms with Gasteiger partial charge in [-0.3, -0.25) is 9.59 Å². The van der Waals surface area contributed by atoms with Crippen molar-refractivity contribution in [2.75, 3.05) is 39.8 Å². The molecule has 3 rings (SSSR count). The summed E-state index contributed by atoms with van der Waals surface area (Å²) in [5, 5.41) is 2.78. The number of nitrogens with one attached hydrogen (secondary N) is 1. The summed E-state index contributed by atoms with van der Waals surface area (Å²) >= 11 is 0. The Kier molecular flexibility index (Phi) is 10.6. The van der Waals surface area contributed by atoms with Crippen molar-refractivity contribution in [1.29, 1.82) is 0 Å². The fourth-order valence-corrected chi connectivity index (χ4v) is 4.74. The highest BCUT2D eigenvalue weighted by Crippen LogP contribution is 2.27. The first-order valence-corrected chi connectivity index (χ1v) is 12.9. The molecule has 1 aliphatic rings. The smallest absolute Gasteiger partial charge is 0.222 e. The maximum Gasteiger partial charge on any atom is 0.222 e. The Morgan fingerprint density at radius 2 is 1.86 bits per heavy atom. The highest BCUT2D eigenvalue weighted by molar-refractivity contribution is 5.76. The number of hydrogen-bond acceptors (Lipinski definition) is 4. The standard InChI is InChI=1S/C29H41N3O3/c1-23-13-14-28-27(21-23)22-31(3)18-15-26(25-9-5-4-6-10-25)11-8-17-32(19-20-35-28)29(34)12-7-16-30-24(2)33/h4-6,9-10,13-14,21,26H,7-8,11-12,15-20,22H2,1-3H3,(H,30,33). The van der Waals surface area contributed by atoms with Crippen molar-refractivity contribution >= 4 is 11.8 Å². The number of aryl methyl sites for hydroxylation is 1. The van der Waals surface area contributed by atoms with E-state index in [2.05, 4.69) is 72.7 Å². The van der Waals surface area contributed by atoms with Crippen molar-refractivity contribution in [2.45, 2.75) is 58.4 Å². The van der Waals surface area contributed by atoms with E-state index < -0.39 is 0 Å². The van der Waals surface area contributed by atoms with Gasteiger partial charge < -0.3 is 19.9 Å². The third-order valence-corrected chi connectivity index (χ3v) is 6.68. The zero-order valence-electron chi connectivity index (χ0n) is 21.6. The van der Waals surface area contributed by atoms with Crippen LogP contribution in [-0.2, 0) is 16.1 Å². The Balaban J connectivity index is 1.74. The average Bonchev–Trinajstić information content (AvgIpc) is 2.84. The van der Waals surface area contributed by atoms with Crippen molar-refractivity contribution in [3.63, 3.8) is 0 Å². The largest absolute Gasteiger partial charge is 0.491 e. The molecule has 0 aromatic heterocycles. The molecule has 0 saturated carbocycles. The van der Waals surface area contributed by atoms with E-state index in [-0.39, 0.29) is 11.8 Å². The van der Waals surface area contributed by atoms with Crippen molar-refractivity contribution in [3.05, 3.63) is 65.2 Å². The Labute approximate surface area is 210 Å². The molecule has 2 aromatic rings. The summed E-state index contributed by atoms with van der Waals surface area (Å²) in [4.78, 5) is 28.5. The molecule has 1 N–H and O–H groups in total. The topological polar surface area (TPSA) is 61.9 Å². The van der Waals surface area contributed by atoms with E-state index in [1.54, 1.807) is 0 Å². The molecule has 6 heteroatoms. The molecule has 0 fully saturated rings. The van der Waals surface area contributed by atoms with Crippen LogP contribution in [0.4, 0.5) is 0 Å². The van der Waals surface area contributed by atoms with Gasteiger partial charge in [0.25, 0.3) is 0 Å². The van der Waals surface area contributed by atoms with Crippen LogP contribution in [0.15, 0.2) is 48.5 Å². The van der Waals surface area contributed by atoms with Crippen LogP contribution in [0.3, 0.4) is 0 Å². The molecule has 0 bridgehead atoms. The van der Waals surface area contributed by atoms with Gasteiger partial charge in [0.1, 0.15) is 12.4 Å². The molecule has 1 unspecified atom stereocenters. The second-order valence-electron chi connectivity index (χ2n) is 9.70. The lowest BCUT2D eigenvalue weighted by molar-refractivity contribution is -0.132. The van der Waals surface area contributed by atoms with Gasteiger partial charge in [-0.2, -0.15) is 0 Å². The van der Waals surface area contributed by atoms with Crippen LogP contribution in [-0.4, -0.2) is 61.4 Å². The summed E-state index contributed by atoms with van der Waals surface area (Å²) in [6.07, 6.45) is 4.16. The van der Waals surface area contributed by atoms with Crippen molar-refractivity contribution < 1.29 is 14.3 Å². The summed E-state index contributed by atoms with van der Waals surface area (Å²) < 4.78 is 6.19. The zero-order chi connectivity index (χ0) is 25.0. The summed E-state index contributed by atoms with van der Waals surface area (Å²) in [5.74, 6) is 1.44. The van der Waals surface area contributed by atoms with Gasteiger partial charge in [-0.15, -0.1) is 0 Å². The molecular weight excluding hydrogens is 438 g/mol. The van der Waals surface area contributed by atoms with Gasteiger partial charge in [0.15, 0.2) is 0 Å². The second kappa shape index (κ2) is 13.9. The van der Waals surface area contributed by atoms with E-state index in [1.165, 1.54) is 23.6 Å². The highest BCUT2D eigenvalue weighted by Gasteiger charge is 2.18. The van der Waals surface area contributed by atoms with Gasteiger partial charge in [-0.25, -0.2) is 0 Å². The number of amides is 2. The molecule has 2 amide bonds. The number of carbonyl (C=O) groups excluding carboxylic acids is 2. The fraction of sp³-hybridized carbons (Fsp3) is 0.517. The normalized spacial score (nSPS) is 18.1. The lowest BCUT2D eigenvalue weighted by atomic mass is 9.91. The predicted molar refractivity (Wildman–Crippen MR) is 141 cm³/mol. The molecular formula is C29H41N3O3. The minimum absolute atomic E-state index is 0.0596. The number of nitrogens with zero attached hydrogens (tertiary/aromatic N) is 2. The van der Waals surface area contributed by atoms with E-state index in [1.807, 2.05) is 4.90 Å². The summed E-state index contributed by atoms with van der Waals surface area (Å²) in [7, 11) is 2.18. The van der Waals surface area contributed by atoms with Crippen molar-refractivity contribution in [3.8, 4) is 5.75 Å². The zero-order valence-corrected chi connectivity index (χ0v) is 21.6. The molecule has 0 radical (unpaired) electrons. The molecule has 1 aliphatic heterocycles. The van der Waals surface area contributed by atoms with Crippen LogP contribution in [0.25, 0.3) is 0 Å². The number of ether oxygens (including phenoxy) is 1. The van der Waals surface area contributed by atoms with E-state index in [4.69, 9.17) is 4.74 Å². The highest BCUT2D eigenvalue weighted by atomic mass is 16.5. The van der Waals surface area contributed by atoms with E-state index in [0.717, 1.165) is 44.6 Å². The fourth-order valence-electron chi connectivity index (χ4n) is 4.74. The maximum atomic E-state index is 13.0. The number of carbonyl (C=O) groups is 2. The lowest BCUT2D eigenvalue weighted by Gasteiger charge is -2.27. The summed E-state index contributed by atoms with van der Waals surface area (Å²) in [6.45, 7) is 7.74. The van der Waals surface area contributed by atoms with Gasteiger partial charge in [-0.05, 0) is 63.7 Å². The molecule has 2 aromatic carbocycles. The van der Waals surface area contributed by atoms with Crippen LogP contribution in [0.2, 0.25) is 0 Å². The first kappa shape index (κ1) is 26.7. The first-order valence-electron chi connectivity index (χ1n) is 12.9. The number of hydrogen-bond donors (Lipinski definition) is 1. The number of fused-ring (bicyclic) bond motifs is 1. The lowest BCUT2D eigenvalue weighted by Crippen LogP contribution is -2.36. The molecule has 1 heterocycles. The van der Waals surface area contributed by atoms with E-state index >= 15 is 0 Å². The van der Waals surface area contributed by atoms with E-state index in [9.17, 15) is 9.59 Å². The Bertz CT molecular complexity index is 947. The van der Waals surface area contributed by atoms with Gasteiger partial charge >= 0.3 is 0 Å². The van der Waals surface area contributed by atoms with Gasteiger partial charge in [0, 0.05) is 38.5 Å². The molecule has 1 atom stereocenters. The quantitative estimate of drug-likeness (QED) is 0.641. The molecule has 6 nitrogen and oxygen atoms in total. The minimum atomic E-state index is -0.0596. The molecule has 0 saturated heterocycles. The van der Waals surface area contributed by atoms with Crippen LogP contribution >= 0.6 is 0 Å². The Morgan fingerprint density at radius 1 is 1.06 bits per heavy atom. The average molecular weight is 480 g/mol.